The Kier molecular flexibility index (Phi) is 6.44. The number of nitrogens with one attached hydrogen (secondary N) is 1. The van der Waals surface area contributed by atoms with Crippen LogP contribution in [0.1, 0.15) is 18.5 Å². The first-order valence-corrected chi connectivity index (χ1v) is 9.04. The van der Waals surface area contributed by atoms with E-state index < -0.39 is 0 Å². The Labute approximate surface area is 153 Å². The summed E-state index contributed by atoms with van der Waals surface area (Å²) in [4.78, 5) is 18.4. The Balaban J connectivity index is 1.45. The van der Waals surface area contributed by atoms with Crippen molar-refractivity contribution in [3.63, 3.8) is 0 Å². The molecular weight excluding hydrogens is 330 g/mol. The molecule has 1 atom stereocenters. The number of piperidine rings is 1. The number of hydrogen-bond donors (Lipinski definition) is 2. The quantitative estimate of drug-likeness (QED) is 0.835. The highest BCUT2D eigenvalue weighted by Crippen LogP contribution is 2.19. The van der Waals surface area contributed by atoms with E-state index in [1.165, 1.54) is 0 Å². The third-order valence-electron chi connectivity index (χ3n) is 4.52. The highest BCUT2D eigenvalue weighted by atomic mass is 16.5. The molecule has 1 fully saturated rings. The molecule has 138 valence electrons. The lowest BCUT2D eigenvalue weighted by Gasteiger charge is -2.31. The molecule has 0 bridgehead atoms. The highest BCUT2D eigenvalue weighted by molar-refractivity contribution is 5.89. The van der Waals surface area contributed by atoms with Gasteiger partial charge in [0.25, 0.3) is 0 Å². The number of carbonyl (C=O) groups is 1. The van der Waals surface area contributed by atoms with Gasteiger partial charge in [0, 0.05) is 43.7 Å². The summed E-state index contributed by atoms with van der Waals surface area (Å²) >= 11 is 0. The number of aliphatic hydroxyl groups excluding tert-OH is 1. The molecular formula is C20H25N3O3. The predicted octanol–water partition coefficient (Wildman–Crippen LogP) is 2.94. The van der Waals surface area contributed by atoms with Gasteiger partial charge in [-0.05, 0) is 55.2 Å². The number of nitrogens with zero attached hydrogens (tertiary/aromatic N) is 2. The third-order valence-corrected chi connectivity index (χ3v) is 4.52. The van der Waals surface area contributed by atoms with Crippen molar-refractivity contribution >= 4 is 11.7 Å². The van der Waals surface area contributed by atoms with E-state index >= 15 is 0 Å². The second kappa shape index (κ2) is 9.20. The lowest BCUT2D eigenvalue weighted by molar-refractivity contribution is 0.136. The van der Waals surface area contributed by atoms with Gasteiger partial charge in [-0.3, -0.25) is 4.98 Å². The van der Waals surface area contributed by atoms with Crippen molar-refractivity contribution in [1.29, 1.82) is 0 Å². The molecule has 2 heterocycles. The van der Waals surface area contributed by atoms with Crippen molar-refractivity contribution in [3.8, 4) is 5.75 Å². The number of aromatic nitrogens is 1. The summed E-state index contributed by atoms with van der Waals surface area (Å²) in [5, 5.41) is 12.2. The summed E-state index contributed by atoms with van der Waals surface area (Å²) < 4.78 is 5.72. The van der Waals surface area contributed by atoms with Crippen LogP contribution < -0.4 is 10.1 Å². The number of carbonyl (C=O) groups excluding carboxylic acids is 1. The largest absolute Gasteiger partial charge is 0.493 e. The topological polar surface area (TPSA) is 74.7 Å². The molecule has 1 saturated heterocycles. The summed E-state index contributed by atoms with van der Waals surface area (Å²) in [5.74, 6) is 0.946. The second-order valence-electron chi connectivity index (χ2n) is 6.51. The van der Waals surface area contributed by atoms with E-state index in [9.17, 15) is 9.90 Å². The Bertz CT molecular complexity index is 691. The number of pyridine rings is 1. The van der Waals surface area contributed by atoms with Crippen LogP contribution in [0.5, 0.6) is 5.75 Å². The monoisotopic (exact) mass is 355 g/mol. The number of urea groups is 1. The van der Waals surface area contributed by atoms with E-state index in [4.69, 9.17) is 4.74 Å². The molecule has 1 aliphatic rings. The minimum atomic E-state index is -0.119. The first-order chi connectivity index (χ1) is 12.7. The van der Waals surface area contributed by atoms with Crippen LogP contribution in [0.2, 0.25) is 0 Å². The van der Waals surface area contributed by atoms with E-state index in [0.29, 0.717) is 13.2 Å². The molecule has 1 aliphatic heterocycles. The lowest BCUT2D eigenvalue weighted by atomic mass is 9.99. The minimum Gasteiger partial charge on any atom is -0.493 e. The number of ether oxygens (including phenoxy) is 1. The fourth-order valence-electron chi connectivity index (χ4n) is 3.06. The van der Waals surface area contributed by atoms with Crippen molar-refractivity contribution in [3.05, 3.63) is 54.4 Å². The van der Waals surface area contributed by atoms with Gasteiger partial charge in [-0.1, -0.05) is 6.07 Å². The number of aliphatic hydroxyl groups is 1. The normalized spacial score (nSPS) is 17.0. The Morgan fingerprint density at radius 2 is 2.12 bits per heavy atom. The van der Waals surface area contributed by atoms with Gasteiger partial charge < -0.3 is 20.1 Å². The minimum absolute atomic E-state index is 0.119. The fourth-order valence-corrected chi connectivity index (χ4v) is 3.06. The molecule has 0 radical (unpaired) electrons. The molecule has 26 heavy (non-hydrogen) atoms. The molecule has 0 spiro atoms. The first-order valence-electron chi connectivity index (χ1n) is 9.04. The van der Waals surface area contributed by atoms with Crippen LogP contribution >= 0.6 is 0 Å². The van der Waals surface area contributed by atoms with Crippen LogP contribution in [0, 0.1) is 5.92 Å². The highest BCUT2D eigenvalue weighted by Gasteiger charge is 2.23. The predicted molar refractivity (Wildman–Crippen MR) is 100 cm³/mol. The molecule has 0 saturated carbocycles. The SMILES string of the molecule is O=C(Nc1ccc(OCCc2ccccn2)cc1)N1CCCC(CO)C1. The fraction of sp³-hybridized carbons (Fsp3) is 0.400. The number of amides is 2. The second-order valence-corrected chi connectivity index (χ2v) is 6.51. The molecule has 1 aromatic carbocycles. The number of rotatable bonds is 6. The number of benzene rings is 1. The van der Waals surface area contributed by atoms with E-state index in [1.54, 1.807) is 11.1 Å². The first kappa shape index (κ1) is 18.2. The Morgan fingerprint density at radius 1 is 1.27 bits per heavy atom. The van der Waals surface area contributed by atoms with Gasteiger partial charge in [-0.2, -0.15) is 0 Å². The van der Waals surface area contributed by atoms with Gasteiger partial charge in [0.2, 0.25) is 0 Å². The van der Waals surface area contributed by atoms with E-state index in [0.717, 1.165) is 42.9 Å². The number of anilines is 1. The molecule has 0 aliphatic carbocycles. The van der Waals surface area contributed by atoms with Crippen LogP contribution in [0.15, 0.2) is 48.7 Å². The molecule has 2 amide bonds. The molecule has 1 aromatic heterocycles. The standard InChI is InChI=1S/C20H25N3O3/c24-15-16-4-3-12-23(14-16)20(25)22-18-6-8-19(9-7-18)26-13-10-17-5-1-2-11-21-17/h1-2,5-9,11,16,24H,3-4,10,12-15H2,(H,22,25). The van der Waals surface area contributed by atoms with Crippen LogP contribution in [-0.2, 0) is 6.42 Å². The van der Waals surface area contributed by atoms with Crippen LogP contribution in [0.25, 0.3) is 0 Å². The molecule has 6 nitrogen and oxygen atoms in total. The summed E-state index contributed by atoms with van der Waals surface area (Å²) in [7, 11) is 0. The van der Waals surface area contributed by atoms with Gasteiger partial charge >= 0.3 is 6.03 Å². The van der Waals surface area contributed by atoms with Gasteiger partial charge in [0.05, 0.1) is 6.61 Å². The molecule has 2 N–H and O–H groups in total. The van der Waals surface area contributed by atoms with E-state index in [2.05, 4.69) is 10.3 Å². The van der Waals surface area contributed by atoms with Crippen LogP contribution in [-0.4, -0.2) is 47.3 Å². The van der Waals surface area contributed by atoms with Gasteiger partial charge in [-0.25, -0.2) is 4.79 Å². The van der Waals surface area contributed by atoms with Gasteiger partial charge in [-0.15, -0.1) is 0 Å². The van der Waals surface area contributed by atoms with Gasteiger partial charge in [0.1, 0.15) is 5.75 Å². The molecule has 1 unspecified atom stereocenters. The Morgan fingerprint density at radius 3 is 2.85 bits per heavy atom. The molecule has 3 rings (SSSR count). The van der Waals surface area contributed by atoms with Crippen molar-refractivity contribution in [1.82, 2.24) is 9.88 Å². The van der Waals surface area contributed by atoms with Crippen LogP contribution in [0.4, 0.5) is 10.5 Å². The molecule has 6 heteroatoms. The zero-order chi connectivity index (χ0) is 18.2. The van der Waals surface area contributed by atoms with E-state index in [-0.39, 0.29) is 18.6 Å². The average molecular weight is 355 g/mol. The maximum atomic E-state index is 12.3. The van der Waals surface area contributed by atoms with Crippen molar-refractivity contribution < 1.29 is 14.6 Å². The van der Waals surface area contributed by atoms with Crippen molar-refractivity contribution in [2.24, 2.45) is 5.92 Å². The number of likely N-dealkylation sites (tertiary alicyclic amines) is 1. The van der Waals surface area contributed by atoms with Crippen LogP contribution in [0.3, 0.4) is 0 Å². The van der Waals surface area contributed by atoms with Crippen molar-refractivity contribution in [2.45, 2.75) is 19.3 Å². The Hall–Kier alpha value is -2.60. The summed E-state index contributed by atoms with van der Waals surface area (Å²) in [6.45, 7) is 2.03. The third kappa shape index (κ3) is 5.20. The number of hydrogen-bond acceptors (Lipinski definition) is 4. The van der Waals surface area contributed by atoms with Gasteiger partial charge in [0.15, 0.2) is 0 Å². The summed E-state index contributed by atoms with van der Waals surface area (Å²) in [5.41, 5.74) is 1.73. The maximum Gasteiger partial charge on any atom is 0.321 e. The summed E-state index contributed by atoms with van der Waals surface area (Å²) in [6.07, 6.45) is 4.44. The summed E-state index contributed by atoms with van der Waals surface area (Å²) in [6, 6.07) is 13.1. The lowest BCUT2D eigenvalue weighted by Crippen LogP contribution is -2.43. The zero-order valence-corrected chi connectivity index (χ0v) is 14.8. The average Bonchev–Trinajstić information content (AvgIpc) is 2.70. The smallest absolute Gasteiger partial charge is 0.321 e. The zero-order valence-electron chi connectivity index (χ0n) is 14.8. The maximum absolute atomic E-state index is 12.3. The van der Waals surface area contributed by atoms with E-state index in [1.807, 2.05) is 42.5 Å². The van der Waals surface area contributed by atoms with Crippen molar-refractivity contribution in [2.75, 3.05) is 31.6 Å². The molecule has 2 aromatic rings.